The molecule has 0 atom stereocenters. The van der Waals surface area contributed by atoms with Gasteiger partial charge >= 0.3 is 12.6 Å². The Morgan fingerprint density at radius 2 is 1.90 bits per heavy atom. The lowest BCUT2D eigenvalue weighted by atomic mass is 10.1. The second kappa shape index (κ2) is 9.82. The molecular formula is C21H20F2N2O5. The second-order valence-corrected chi connectivity index (χ2v) is 6.23. The van der Waals surface area contributed by atoms with Crippen LogP contribution < -0.4 is 9.47 Å². The Kier molecular flexibility index (Phi) is 6.95. The van der Waals surface area contributed by atoms with Crippen LogP contribution in [0.25, 0.3) is 0 Å². The number of esters is 1. The fourth-order valence-corrected chi connectivity index (χ4v) is 2.85. The van der Waals surface area contributed by atoms with Gasteiger partial charge in [-0.2, -0.15) is 13.9 Å². The number of halogens is 2. The highest BCUT2D eigenvalue weighted by molar-refractivity contribution is 6.02. The molecule has 1 aliphatic heterocycles. The highest BCUT2D eigenvalue weighted by Crippen LogP contribution is 2.30. The van der Waals surface area contributed by atoms with Gasteiger partial charge in [-0.05, 0) is 30.7 Å². The Morgan fingerprint density at radius 1 is 1.13 bits per heavy atom. The number of carbonyl (C=O) groups is 2. The molecule has 0 saturated carbocycles. The van der Waals surface area contributed by atoms with Crippen LogP contribution in [0.5, 0.6) is 11.5 Å². The number of amides is 1. The molecule has 9 heteroatoms. The van der Waals surface area contributed by atoms with Crippen LogP contribution in [0.4, 0.5) is 8.78 Å². The number of hydrogen-bond donors (Lipinski definition) is 0. The number of carbonyl (C=O) groups excluding carboxylic acids is 2. The molecule has 1 aliphatic rings. The van der Waals surface area contributed by atoms with Gasteiger partial charge in [0.2, 0.25) is 0 Å². The van der Waals surface area contributed by atoms with E-state index in [-0.39, 0.29) is 23.7 Å². The summed E-state index contributed by atoms with van der Waals surface area (Å²) in [6, 6.07) is 13.2. The van der Waals surface area contributed by atoms with E-state index in [0.717, 1.165) is 11.3 Å². The SMILES string of the molecule is CCOc1cc(C(=O)OCC(=O)N2CCC(c3ccccc3)=N2)ccc1OC(F)F. The largest absolute Gasteiger partial charge is 0.490 e. The fourth-order valence-electron chi connectivity index (χ4n) is 2.85. The number of hydrogen-bond acceptors (Lipinski definition) is 6. The standard InChI is InChI=1S/C21H20F2N2O5/c1-2-28-18-12-15(8-9-17(18)30-21(22)23)20(27)29-13-19(26)25-11-10-16(24-25)14-6-4-3-5-7-14/h3-9,12,21H,2,10-11,13H2,1H3. The molecule has 2 aromatic rings. The Bertz CT molecular complexity index is 934. The van der Waals surface area contributed by atoms with Crippen LogP contribution >= 0.6 is 0 Å². The number of benzene rings is 2. The van der Waals surface area contributed by atoms with E-state index in [1.165, 1.54) is 23.2 Å². The molecule has 1 amide bonds. The van der Waals surface area contributed by atoms with Crippen LogP contribution in [0.1, 0.15) is 29.3 Å². The first-order chi connectivity index (χ1) is 14.5. The van der Waals surface area contributed by atoms with Gasteiger partial charge in [-0.15, -0.1) is 0 Å². The highest BCUT2D eigenvalue weighted by Gasteiger charge is 2.23. The number of nitrogens with zero attached hydrogens (tertiary/aromatic N) is 2. The van der Waals surface area contributed by atoms with Crippen molar-refractivity contribution in [2.24, 2.45) is 5.10 Å². The zero-order valence-electron chi connectivity index (χ0n) is 16.2. The van der Waals surface area contributed by atoms with Gasteiger partial charge in [-0.1, -0.05) is 30.3 Å². The summed E-state index contributed by atoms with van der Waals surface area (Å²) in [6.45, 7) is -1.27. The van der Waals surface area contributed by atoms with Gasteiger partial charge in [0.15, 0.2) is 18.1 Å². The molecule has 0 N–H and O–H groups in total. The minimum Gasteiger partial charge on any atom is -0.490 e. The van der Waals surface area contributed by atoms with Crippen molar-refractivity contribution in [3.8, 4) is 11.5 Å². The Labute approximate surface area is 171 Å². The van der Waals surface area contributed by atoms with Gasteiger partial charge in [0, 0.05) is 6.42 Å². The third kappa shape index (κ3) is 5.31. The summed E-state index contributed by atoms with van der Waals surface area (Å²) in [7, 11) is 0. The van der Waals surface area contributed by atoms with Crippen molar-refractivity contribution in [2.45, 2.75) is 20.0 Å². The molecule has 30 heavy (non-hydrogen) atoms. The second-order valence-electron chi connectivity index (χ2n) is 6.23. The molecule has 2 aromatic carbocycles. The van der Waals surface area contributed by atoms with Gasteiger partial charge in [-0.3, -0.25) is 4.79 Å². The molecule has 0 radical (unpaired) electrons. The zero-order valence-corrected chi connectivity index (χ0v) is 16.2. The van der Waals surface area contributed by atoms with Crippen LogP contribution in [0.2, 0.25) is 0 Å². The van der Waals surface area contributed by atoms with Gasteiger partial charge in [0.25, 0.3) is 5.91 Å². The molecule has 0 spiro atoms. The molecule has 158 valence electrons. The quantitative estimate of drug-likeness (QED) is 0.614. The Hall–Kier alpha value is -3.49. The van der Waals surface area contributed by atoms with E-state index in [1.54, 1.807) is 6.92 Å². The van der Waals surface area contributed by atoms with E-state index in [9.17, 15) is 18.4 Å². The van der Waals surface area contributed by atoms with E-state index in [1.807, 2.05) is 30.3 Å². The van der Waals surface area contributed by atoms with E-state index >= 15 is 0 Å². The van der Waals surface area contributed by atoms with E-state index in [2.05, 4.69) is 9.84 Å². The third-order valence-electron chi connectivity index (χ3n) is 4.22. The van der Waals surface area contributed by atoms with Crippen LogP contribution in [0.15, 0.2) is 53.6 Å². The van der Waals surface area contributed by atoms with Gasteiger partial charge < -0.3 is 14.2 Å². The topological polar surface area (TPSA) is 77.4 Å². The van der Waals surface area contributed by atoms with E-state index in [0.29, 0.717) is 13.0 Å². The Balaban J connectivity index is 1.60. The van der Waals surface area contributed by atoms with E-state index < -0.39 is 25.1 Å². The maximum Gasteiger partial charge on any atom is 0.387 e. The molecule has 0 fully saturated rings. The lowest BCUT2D eigenvalue weighted by Crippen LogP contribution is -2.28. The summed E-state index contributed by atoms with van der Waals surface area (Å²) >= 11 is 0. The summed E-state index contributed by atoms with van der Waals surface area (Å²) in [4.78, 5) is 24.6. The molecule has 0 bridgehead atoms. The van der Waals surface area contributed by atoms with Gasteiger partial charge in [0.05, 0.1) is 24.4 Å². The van der Waals surface area contributed by atoms with Crippen molar-refractivity contribution in [1.82, 2.24) is 5.01 Å². The highest BCUT2D eigenvalue weighted by atomic mass is 19.3. The first-order valence-corrected chi connectivity index (χ1v) is 9.30. The third-order valence-corrected chi connectivity index (χ3v) is 4.22. The zero-order chi connectivity index (χ0) is 21.5. The van der Waals surface area contributed by atoms with Crippen molar-refractivity contribution in [3.63, 3.8) is 0 Å². The summed E-state index contributed by atoms with van der Waals surface area (Å²) < 4.78 is 39.6. The molecule has 0 saturated heterocycles. The average molecular weight is 418 g/mol. The van der Waals surface area contributed by atoms with Gasteiger partial charge in [0.1, 0.15) is 0 Å². The predicted octanol–water partition coefficient (Wildman–Crippen LogP) is 3.48. The molecule has 3 rings (SSSR count). The lowest BCUT2D eigenvalue weighted by Gasteiger charge is -2.13. The summed E-state index contributed by atoms with van der Waals surface area (Å²) in [5, 5.41) is 5.55. The van der Waals surface area contributed by atoms with Crippen LogP contribution in [-0.2, 0) is 9.53 Å². The molecule has 1 heterocycles. The summed E-state index contributed by atoms with van der Waals surface area (Å²) in [5.41, 5.74) is 1.76. The predicted molar refractivity (Wildman–Crippen MR) is 104 cm³/mol. The van der Waals surface area contributed by atoms with Crippen molar-refractivity contribution in [3.05, 3.63) is 59.7 Å². The van der Waals surface area contributed by atoms with Crippen molar-refractivity contribution < 1.29 is 32.6 Å². The summed E-state index contributed by atoms with van der Waals surface area (Å²) in [6.07, 6.45) is 0.604. The lowest BCUT2D eigenvalue weighted by molar-refractivity contribution is -0.134. The maximum absolute atomic E-state index is 12.5. The van der Waals surface area contributed by atoms with Crippen LogP contribution in [0.3, 0.4) is 0 Å². The number of hydrazone groups is 1. The van der Waals surface area contributed by atoms with E-state index in [4.69, 9.17) is 9.47 Å². The molecular weight excluding hydrogens is 398 g/mol. The van der Waals surface area contributed by atoms with Gasteiger partial charge in [-0.25, -0.2) is 9.80 Å². The maximum atomic E-state index is 12.5. The number of alkyl halides is 2. The molecule has 0 unspecified atom stereocenters. The van der Waals surface area contributed by atoms with Crippen LogP contribution in [-0.4, -0.2) is 49.0 Å². The van der Waals surface area contributed by atoms with Crippen molar-refractivity contribution >= 4 is 17.6 Å². The first kappa shape index (κ1) is 21.2. The molecule has 7 nitrogen and oxygen atoms in total. The average Bonchev–Trinajstić information content (AvgIpc) is 3.24. The summed E-state index contributed by atoms with van der Waals surface area (Å²) in [5.74, 6) is -1.47. The fraction of sp³-hybridized carbons (Fsp3) is 0.286. The molecule has 0 aliphatic carbocycles. The number of rotatable bonds is 8. The van der Waals surface area contributed by atoms with Crippen molar-refractivity contribution in [2.75, 3.05) is 19.8 Å². The molecule has 0 aromatic heterocycles. The minimum atomic E-state index is -3.03. The minimum absolute atomic E-state index is 0.0183. The monoisotopic (exact) mass is 418 g/mol. The first-order valence-electron chi connectivity index (χ1n) is 9.30. The van der Waals surface area contributed by atoms with Crippen molar-refractivity contribution in [1.29, 1.82) is 0 Å². The smallest absolute Gasteiger partial charge is 0.387 e. The number of ether oxygens (including phenoxy) is 3. The normalized spacial score (nSPS) is 13.2. The van der Waals surface area contributed by atoms with Crippen LogP contribution in [0, 0.1) is 0 Å². The Morgan fingerprint density at radius 3 is 2.60 bits per heavy atom.